The van der Waals surface area contributed by atoms with Gasteiger partial charge in [-0.15, -0.1) is 0 Å². The summed E-state index contributed by atoms with van der Waals surface area (Å²) in [6.45, 7) is 5.67. The van der Waals surface area contributed by atoms with Crippen molar-refractivity contribution in [2.45, 2.75) is 51.7 Å². The van der Waals surface area contributed by atoms with Crippen molar-refractivity contribution in [1.29, 1.82) is 0 Å². The molecular weight excluding hydrogens is 162 g/mol. The molecule has 0 spiro atoms. The van der Waals surface area contributed by atoms with Crippen molar-refractivity contribution in [1.82, 2.24) is 5.32 Å². The van der Waals surface area contributed by atoms with E-state index in [-0.39, 0.29) is 0 Å². The molecule has 0 heterocycles. The number of rotatable bonds is 4. The van der Waals surface area contributed by atoms with Gasteiger partial charge in [-0.1, -0.05) is 13.8 Å². The summed E-state index contributed by atoms with van der Waals surface area (Å²) in [5, 5.41) is 3.61. The van der Waals surface area contributed by atoms with Gasteiger partial charge in [-0.3, -0.25) is 0 Å². The van der Waals surface area contributed by atoms with Crippen LogP contribution in [0.25, 0.3) is 0 Å². The van der Waals surface area contributed by atoms with E-state index < -0.39 is 0 Å². The highest BCUT2D eigenvalue weighted by molar-refractivity contribution is 4.77. The van der Waals surface area contributed by atoms with E-state index >= 15 is 0 Å². The van der Waals surface area contributed by atoms with Crippen LogP contribution in [-0.4, -0.2) is 25.8 Å². The van der Waals surface area contributed by atoms with E-state index in [9.17, 15) is 0 Å². The Morgan fingerprint density at radius 1 is 1.23 bits per heavy atom. The third-order valence-electron chi connectivity index (χ3n) is 2.82. The highest BCUT2D eigenvalue weighted by Gasteiger charge is 2.19. The normalized spacial score (nSPS) is 29.5. The Balaban J connectivity index is 2.10. The average Bonchev–Trinajstić information content (AvgIpc) is 2.15. The minimum Gasteiger partial charge on any atom is -0.381 e. The summed E-state index contributed by atoms with van der Waals surface area (Å²) in [7, 11) is 1.83. The lowest BCUT2D eigenvalue weighted by molar-refractivity contribution is 0.0623. The van der Waals surface area contributed by atoms with Crippen LogP contribution in [0.1, 0.15) is 39.5 Å². The van der Waals surface area contributed by atoms with Crippen molar-refractivity contribution in [3.63, 3.8) is 0 Å². The van der Waals surface area contributed by atoms with Crippen LogP contribution in [-0.2, 0) is 4.74 Å². The third-order valence-corrected chi connectivity index (χ3v) is 2.82. The molecule has 1 saturated carbocycles. The molecule has 1 fully saturated rings. The van der Waals surface area contributed by atoms with Crippen LogP contribution < -0.4 is 5.32 Å². The maximum atomic E-state index is 5.34. The van der Waals surface area contributed by atoms with E-state index in [4.69, 9.17) is 4.74 Å². The molecule has 0 amide bonds. The van der Waals surface area contributed by atoms with Crippen LogP contribution >= 0.6 is 0 Å². The molecule has 0 unspecified atom stereocenters. The second-order valence-corrected chi connectivity index (χ2v) is 4.51. The van der Waals surface area contributed by atoms with Crippen LogP contribution in [0.2, 0.25) is 0 Å². The van der Waals surface area contributed by atoms with E-state index in [0.717, 1.165) is 18.5 Å². The quantitative estimate of drug-likeness (QED) is 0.725. The number of hydrogen-bond acceptors (Lipinski definition) is 2. The van der Waals surface area contributed by atoms with Crippen LogP contribution in [0, 0.1) is 5.92 Å². The molecule has 0 radical (unpaired) electrons. The van der Waals surface area contributed by atoms with Gasteiger partial charge in [-0.2, -0.15) is 0 Å². The summed E-state index contributed by atoms with van der Waals surface area (Å²) < 4.78 is 5.34. The zero-order valence-electron chi connectivity index (χ0n) is 9.18. The average molecular weight is 185 g/mol. The van der Waals surface area contributed by atoms with E-state index in [2.05, 4.69) is 19.2 Å². The second-order valence-electron chi connectivity index (χ2n) is 4.51. The molecule has 2 nitrogen and oxygen atoms in total. The summed E-state index contributed by atoms with van der Waals surface area (Å²) in [6.07, 6.45) is 5.55. The first-order valence-electron chi connectivity index (χ1n) is 5.48. The Kier molecular flexibility index (Phi) is 4.74. The Bertz CT molecular complexity index is 128. The first-order valence-corrected chi connectivity index (χ1v) is 5.48. The summed E-state index contributed by atoms with van der Waals surface area (Å²) in [5.41, 5.74) is 0. The number of ether oxygens (including phenoxy) is 1. The number of hydrogen-bond donors (Lipinski definition) is 1. The fourth-order valence-corrected chi connectivity index (χ4v) is 1.91. The highest BCUT2D eigenvalue weighted by Crippen LogP contribution is 2.20. The van der Waals surface area contributed by atoms with Crippen molar-refractivity contribution in [3.05, 3.63) is 0 Å². The molecule has 0 aliphatic heterocycles. The smallest absolute Gasteiger partial charge is 0.0572 e. The largest absolute Gasteiger partial charge is 0.381 e. The first kappa shape index (κ1) is 11.0. The lowest BCUT2D eigenvalue weighted by Gasteiger charge is -2.28. The first-order chi connectivity index (χ1) is 6.22. The molecule has 0 saturated heterocycles. The molecule has 2 heteroatoms. The van der Waals surface area contributed by atoms with Crippen molar-refractivity contribution < 1.29 is 4.74 Å². The maximum Gasteiger partial charge on any atom is 0.0572 e. The Labute approximate surface area is 82.0 Å². The Morgan fingerprint density at radius 2 is 1.85 bits per heavy atom. The summed E-state index contributed by atoms with van der Waals surface area (Å²) in [6, 6.07) is 0.744. The van der Waals surface area contributed by atoms with Gasteiger partial charge in [0.1, 0.15) is 0 Å². The predicted octanol–water partition coefficient (Wildman–Crippen LogP) is 2.19. The molecule has 13 heavy (non-hydrogen) atoms. The van der Waals surface area contributed by atoms with Crippen molar-refractivity contribution >= 4 is 0 Å². The maximum absolute atomic E-state index is 5.34. The van der Waals surface area contributed by atoms with Gasteiger partial charge in [-0.25, -0.2) is 0 Å². The van der Waals surface area contributed by atoms with Crippen molar-refractivity contribution in [2.24, 2.45) is 5.92 Å². The van der Waals surface area contributed by atoms with Gasteiger partial charge in [0, 0.05) is 13.2 Å². The standard InChI is InChI=1S/C11H23NO/c1-9(2)8-12-10-4-6-11(13-3)7-5-10/h9-12H,4-8H2,1-3H3/t10-,11-. The minimum atomic E-state index is 0.525. The zero-order valence-corrected chi connectivity index (χ0v) is 9.18. The van der Waals surface area contributed by atoms with Gasteiger partial charge in [-0.05, 0) is 38.1 Å². The molecule has 1 rings (SSSR count). The Morgan fingerprint density at radius 3 is 2.31 bits per heavy atom. The molecule has 1 aliphatic carbocycles. The van der Waals surface area contributed by atoms with Crippen LogP contribution in [0.15, 0.2) is 0 Å². The SMILES string of the molecule is CO[C@H]1CC[C@H](NCC(C)C)CC1. The minimum absolute atomic E-state index is 0.525. The molecule has 0 aromatic rings. The fraction of sp³-hybridized carbons (Fsp3) is 1.00. The van der Waals surface area contributed by atoms with Crippen molar-refractivity contribution in [3.8, 4) is 0 Å². The summed E-state index contributed by atoms with van der Waals surface area (Å²) >= 11 is 0. The molecule has 0 aromatic heterocycles. The predicted molar refractivity (Wildman–Crippen MR) is 55.9 cm³/mol. The van der Waals surface area contributed by atoms with Gasteiger partial charge >= 0.3 is 0 Å². The molecular formula is C11H23NO. The molecule has 78 valence electrons. The zero-order chi connectivity index (χ0) is 9.68. The van der Waals surface area contributed by atoms with Gasteiger partial charge in [0.05, 0.1) is 6.10 Å². The molecule has 0 atom stereocenters. The topological polar surface area (TPSA) is 21.3 Å². The Hall–Kier alpha value is -0.0800. The molecule has 1 N–H and O–H groups in total. The van der Waals surface area contributed by atoms with Crippen LogP contribution in [0.4, 0.5) is 0 Å². The van der Waals surface area contributed by atoms with Crippen LogP contribution in [0.3, 0.4) is 0 Å². The van der Waals surface area contributed by atoms with E-state index in [1.165, 1.54) is 25.7 Å². The lowest BCUT2D eigenvalue weighted by Crippen LogP contribution is -2.36. The number of nitrogens with one attached hydrogen (secondary N) is 1. The summed E-state index contributed by atoms with van der Waals surface area (Å²) in [4.78, 5) is 0. The van der Waals surface area contributed by atoms with E-state index in [1.54, 1.807) is 0 Å². The van der Waals surface area contributed by atoms with Gasteiger partial charge in [0.15, 0.2) is 0 Å². The van der Waals surface area contributed by atoms with E-state index in [1.807, 2.05) is 7.11 Å². The van der Waals surface area contributed by atoms with Gasteiger partial charge in [0.2, 0.25) is 0 Å². The lowest BCUT2D eigenvalue weighted by atomic mass is 9.93. The van der Waals surface area contributed by atoms with E-state index in [0.29, 0.717) is 6.10 Å². The molecule has 0 aromatic carbocycles. The second kappa shape index (κ2) is 5.61. The fourth-order valence-electron chi connectivity index (χ4n) is 1.91. The van der Waals surface area contributed by atoms with Crippen molar-refractivity contribution in [2.75, 3.05) is 13.7 Å². The van der Waals surface area contributed by atoms with Gasteiger partial charge in [0.25, 0.3) is 0 Å². The molecule has 0 bridgehead atoms. The monoisotopic (exact) mass is 185 g/mol. The van der Waals surface area contributed by atoms with Crippen LogP contribution in [0.5, 0.6) is 0 Å². The third kappa shape index (κ3) is 4.10. The highest BCUT2D eigenvalue weighted by atomic mass is 16.5. The number of methoxy groups -OCH3 is 1. The molecule has 1 aliphatic rings. The van der Waals surface area contributed by atoms with Gasteiger partial charge < -0.3 is 10.1 Å². The summed E-state index contributed by atoms with van der Waals surface area (Å²) in [5.74, 6) is 0.764.